The minimum Gasteiger partial charge on any atom is -0.423 e. The van der Waals surface area contributed by atoms with Gasteiger partial charge in [-0.2, -0.15) is 13.2 Å². The molecule has 22 heavy (non-hydrogen) atoms. The lowest BCUT2D eigenvalue weighted by Crippen LogP contribution is -2.31. The van der Waals surface area contributed by atoms with Gasteiger partial charge in [-0.25, -0.2) is 4.98 Å². The molecule has 0 aliphatic heterocycles. The minimum absolute atomic E-state index is 0.0274. The quantitative estimate of drug-likeness (QED) is 0.629. The maximum Gasteiger partial charge on any atom is 0.488 e. The molecule has 0 aliphatic carbocycles. The number of pyridine rings is 1. The Morgan fingerprint density at radius 2 is 1.50 bits per heavy atom. The van der Waals surface area contributed by atoms with Crippen LogP contribution in [0.2, 0.25) is 15.1 Å². The largest absolute Gasteiger partial charge is 0.488 e. The fraction of sp³-hybridized carbons (Fsp3) is 0.0833. The monoisotopic (exact) mass is 369 g/mol. The third-order valence-corrected chi connectivity index (χ3v) is 3.76. The molecule has 10 heteroatoms. The van der Waals surface area contributed by atoms with Crippen molar-refractivity contribution in [3.8, 4) is 11.3 Å². The summed E-state index contributed by atoms with van der Waals surface area (Å²) in [6, 6.07) is 4.13. The molecule has 1 heterocycles. The van der Waals surface area contributed by atoms with Gasteiger partial charge in [0.15, 0.2) is 0 Å². The van der Waals surface area contributed by atoms with Crippen molar-refractivity contribution in [3.05, 3.63) is 45.0 Å². The SMILES string of the molecule is OB(O)c1cc(-c2cc(Cl)c(Cl)cc2Cl)nc(C(F)(F)F)c1. The van der Waals surface area contributed by atoms with Crippen molar-refractivity contribution in [1.82, 2.24) is 4.98 Å². The minimum atomic E-state index is -4.76. The molecule has 0 amide bonds. The lowest BCUT2D eigenvalue weighted by atomic mass is 9.79. The van der Waals surface area contributed by atoms with Gasteiger partial charge in [-0.05, 0) is 29.7 Å². The van der Waals surface area contributed by atoms with Gasteiger partial charge >= 0.3 is 13.3 Å². The highest BCUT2D eigenvalue weighted by Crippen LogP contribution is 2.35. The van der Waals surface area contributed by atoms with Gasteiger partial charge in [0.05, 0.1) is 20.8 Å². The summed E-state index contributed by atoms with van der Waals surface area (Å²) in [5.74, 6) is 0. The Bertz CT molecular complexity index is 725. The highest BCUT2D eigenvalue weighted by atomic mass is 35.5. The van der Waals surface area contributed by atoms with Gasteiger partial charge in [0.25, 0.3) is 0 Å². The third kappa shape index (κ3) is 3.67. The Kier molecular flexibility index (Phi) is 4.94. The highest BCUT2D eigenvalue weighted by molar-refractivity contribution is 6.58. The predicted molar refractivity (Wildman–Crippen MR) is 79.5 cm³/mol. The van der Waals surface area contributed by atoms with E-state index in [1.165, 1.54) is 12.1 Å². The van der Waals surface area contributed by atoms with Crippen LogP contribution in [0.3, 0.4) is 0 Å². The zero-order chi connectivity index (χ0) is 16.7. The van der Waals surface area contributed by atoms with Crippen LogP contribution in [-0.2, 0) is 6.18 Å². The summed E-state index contributed by atoms with van der Waals surface area (Å²) < 4.78 is 38.6. The van der Waals surface area contributed by atoms with E-state index in [1.54, 1.807) is 0 Å². The van der Waals surface area contributed by atoms with Gasteiger partial charge in [0, 0.05) is 5.56 Å². The molecule has 0 radical (unpaired) electrons. The molecule has 1 aromatic carbocycles. The van der Waals surface area contributed by atoms with E-state index >= 15 is 0 Å². The fourth-order valence-corrected chi connectivity index (χ4v) is 2.35. The normalized spacial score (nSPS) is 11.6. The molecule has 2 aromatic rings. The summed E-state index contributed by atoms with van der Waals surface area (Å²) in [4.78, 5) is 3.46. The van der Waals surface area contributed by atoms with Crippen molar-refractivity contribution in [1.29, 1.82) is 0 Å². The molecule has 0 atom stereocenters. The second-order valence-electron chi connectivity index (χ2n) is 4.29. The summed E-state index contributed by atoms with van der Waals surface area (Å²) in [5.41, 5.74) is -1.78. The van der Waals surface area contributed by atoms with Gasteiger partial charge in [-0.1, -0.05) is 34.8 Å². The number of nitrogens with zero attached hydrogens (tertiary/aromatic N) is 1. The zero-order valence-electron chi connectivity index (χ0n) is 10.5. The molecule has 0 fully saturated rings. The van der Waals surface area contributed by atoms with Crippen LogP contribution in [0.15, 0.2) is 24.3 Å². The van der Waals surface area contributed by atoms with Crippen LogP contribution >= 0.6 is 34.8 Å². The van der Waals surface area contributed by atoms with E-state index in [4.69, 9.17) is 44.9 Å². The number of hydrogen-bond donors (Lipinski definition) is 2. The fourth-order valence-electron chi connectivity index (χ4n) is 1.70. The predicted octanol–water partition coefficient (Wildman–Crippen LogP) is 3.41. The summed E-state index contributed by atoms with van der Waals surface area (Å²) >= 11 is 17.5. The van der Waals surface area contributed by atoms with Crippen molar-refractivity contribution >= 4 is 47.4 Å². The van der Waals surface area contributed by atoms with Crippen LogP contribution in [0, 0.1) is 0 Å². The number of aromatic nitrogens is 1. The average Bonchev–Trinajstić information content (AvgIpc) is 2.41. The summed E-state index contributed by atoms with van der Waals surface area (Å²) in [5, 5.41) is 18.5. The molecule has 116 valence electrons. The van der Waals surface area contributed by atoms with E-state index in [-0.39, 0.29) is 31.8 Å². The van der Waals surface area contributed by atoms with E-state index in [2.05, 4.69) is 4.98 Å². The lowest BCUT2D eigenvalue weighted by Gasteiger charge is -2.12. The summed E-state index contributed by atoms with van der Waals surface area (Å²) in [6.45, 7) is 0. The maximum atomic E-state index is 12.9. The summed E-state index contributed by atoms with van der Waals surface area (Å²) in [7, 11) is -2.09. The Hall–Kier alpha value is -0.985. The van der Waals surface area contributed by atoms with E-state index in [0.29, 0.717) is 6.07 Å². The molecule has 0 unspecified atom stereocenters. The number of benzene rings is 1. The zero-order valence-corrected chi connectivity index (χ0v) is 12.8. The Morgan fingerprint density at radius 1 is 0.909 bits per heavy atom. The molecule has 0 saturated carbocycles. The van der Waals surface area contributed by atoms with Gasteiger partial charge in [-0.3, -0.25) is 0 Å². The molecular weight excluding hydrogens is 364 g/mol. The Morgan fingerprint density at radius 3 is 2.05 bits per heavy atom. The van der Waals surface area contributed by atoms with Gasteiger partial charge in [0.2, 0.25) is 0 Å². The second-order valence-corrected chi connectivity index (χ2v) is 5.51. The number of rotatable bonds is 2. The van der Waals surface area contributed by atoms with Crippen molar-refractivity contribution in [3.63, 3.8) is 0 Å². The molecule has 3 nitrogen and oxygen atoms in total. The highest BCUT2D eigenvalue weighted by Gasteiger charge is 2.34. The first-order valence-electron chi connectivity index (χ1n) is 5.70. The van der Waals surface area contributed by atoms with Crippen molar-refractivity contribution < 1.29 is 23.2 Å². The Balaban J connectivity index is 2.70. The van der Waals surface area contributed by atoms with Gasteiger partial charge in [0.1, 0.15) is 5.69 Å². The molecule has 2 rings (SSSR count). The van der Waals surface area contributed by atoms with Crippen LogP contribution < -0.4 is 5.46 Å². The van der Waals surface area contributed by atoms with Crippen LogP contribution in [0.4, 0.5) is 13.2 Å². The first-order valence-corrected chi connectivity index (χ1v) is 6.83. The van der Waals surface area contributed by atoms with Crippen LogP contribution in [0.5, 0.6) is 0 Å². The molecule has 2 N–H and O–H groups in total. The second kappa shape index (κ2) is 6.25. The number of alkyl halides is 3. The lowest BCUT2D eigenvalue weighted by molar-refractivity contribution is -0.141. The van der Waals surface area contributed by atoms with E-state index in [9.17, 15) is 13.2 Å². The molecular formula is C12H6BCl3F3NO2. The number of hydrogen-bond acceptors (Lipinski definition) is 3. The summed E-state index contributed by atoms with van der Waals surface area (Å²) in [6.07, 6.45) is -4.76. The third-order valence-electron chi connectivity index (χ3n) is 2.72. The topological polar surface area (TPSA) is 53.4 Å². The molecule has 0 aliphatic rings. The molecule has 0 bridgehead atoms. The van der Waals surface area contributed by atoms with E-state index < -0.39 is 19.0 Å². The van der Waals surface area contributed by atoms with Crippen molar-refractivity contribution in [2.24, 2.45) is 0 Å². The van der Waals surface area contributed by atoms with Gasteiger partial charge in [-0.15, -0.1) is 0 Å². The first kappa shape index (κ1) is 17.4. The smallest absolute Gasteiger partial charge is 0.423 e. The van der Waals surface area contributed by atoms with Crippen LogP contribution in [0.25, 0.3) is 11.3 Å². The van der Waals surface area contributed by atoms with E-state index in [0.717, 1.165) is 6.07 Å². The van der Waals surface area contributed by atoms with Crippen LogP contribution in [-0.4, -0.2) is 22.2 Å². The van der Waals surface area contributed by atoms with Crippen molar-refractivity contribution in [2.75, 3.05) is 0 Å². The molecule has 0 spiro atoms. The molecule has 0 saturated heterocycles. The standard InChI is InChI=1S/C12H6BCl3F3NO2/c14-7-4-9(16)8(15)3-6(7)10-1-5(13(21)22)2-11(20-10)12(17,18)19/h1-4,21-22H. The first-order chi connectivity index (χ1) is 10.1. The maximum absolute atomic E-state index is 12.9. The van der Waals surface area contributed by atoms with E-state index in [1.807, 2.05) is 0 Å². The van der Waals surface area contributed by atoms with Crippen molar-refractivity contribution in [2.45, 2.75) is 6.18 Å². The Labute approximate surface area is 138 Å². The van der Waals surface area contributed by atoms with Crippen LogP contribution in [0.1, 0.15) is 5.69 Å². The van der Waals surface area contributed by atoms with Gasteiger partial charge < -0.3 is 10.0 Å². The molecule has 1 aromatic heterocycles. The number of halogens is 6. The average molecular weight is 370 g/mol.